The van der Waals surface area contributed by atoms with Crippen molar-refractivity contribution in [3.8, 4) is 5.88 Å². The third kappa shape index (κ3) is 3.47. The molecule has 82 valence electrons. The highest BCUT2D eigenvalue weighted by Crippen LogP contribution is 2.08. The first-order chi connectivity index (χ1) is 7.45. The van der Waals surface area contributed by atoms with Crippen LogP contribution >= 0.6 is 0 Å². The smallest absolute Gasteiger partial charge is 0.216 e. The molecular weight excluding hydrogens is 190 g/mol. The zero-order chi connectivity index (χ0) is 10.3. The summed E-state index contributed by atoms with van der Waals surface area (Å²) in [5, 5.41) is 0. The van der Waals surface area contributed by atoms with Crippen LogP contribution in [0.5, 0.6) is 5.88 Å². The maximum absolute atomic E-state index is 5.52. The Labute approximate surface area is 90.3 Å². The van der Waals surface area contributed by atoms with Gasteiger partial charge in [0.05, 0.1) is 0 Å². The molecule has 0 aliphatic carbocycles. The van der Waals surface area contributed by atoms with E-state index in [2.05, 4.69) is 14.9 Å². The van der Waals surface area contributed by atoms with E-state index in [4.69, 9.17) is 4.74 Å². The molecule has 15 heavy (non-hydrogen) atoms. The third-order valence-corrected chi connectivity index (χ3v) is 2.66. The molecule has 0 radical (unpaired) electrons. The summed E-state index contributed by atoms with van der Waals surface area (Å²) in [6.45, 7) is 4.15. The standard InChI is InChI=1S/C11H17N3O/c1-2-6-14(7-3-1)8-9-15-11-4-5-12-10-13-11/h4-5,10H,1-3,6-9H2. The Kier molecular flexibility index (Phi) is 3.91. The number of hydrogen-bond donors (Lipinski definition) is 0. The van der Waals surface area contributed by atoms with E-state index in [-0.39, 0.29) is 0 Å². The summed E-state index contributed by atoms with van der Waals surface area (Å²) in [4.78, 5) is 10.3. The van der Waals surface area contributed by atoms with Crippen molar-refractivity contribution in [3.05, 3.63) is 18.6 Å². The van der Waals surface area contributed by atoms with E-state index in [1.807, 2.05) is 0 Å². The Hall–Kier alpha value is -1.16. The molecule has 4 nitrogen and oxygen atoms in total. The summed E-state index contributed by atoms with van der Waals surface area (Å²) in [6, 6.07) is 1.79. The van der Waals surface area contributed by atoms with E-state index < -0.39 is 0 Å². The number of aromatic nitrogens is 2. The zero-order valence-electron chi connectivity index (χ0n) is 8.93. The first-order valence-corrected chi connectivity index (χ1v) is 5.56. The molecule has 0 spiro atoms. The first kappa shape index (κ1) is 10.4. The number of hydrogen-bond acceptors (Lipinski definition) is 4. The molecular formula is C11H17N3O. The molecule has 1 fully saturated rings. The fourth-order valence-corrected chi connectivity index (χ4v) is 1.83. The minimum atomic E-state index is 0.669. The fourth-order valence-electron chi connectivity index (χ4n) is 1.83. The lowest BCUT2D eigenvalue weighted by Gasteiger charge is -2.25. The molecule has 4 heteroatoms. The van der Waals surface area contributed by atoms with Crippen molar-refractivity contribution in [1.29, 1.82) is 0 Å². The van der Waals surface area contributed by atoms with Crippen LogP contribution in [0, 0.1) is 0 Å². The molecule has 2 heterocycles. The van der Waals surface area contributed by atoms with Crippen molar-refractivity contribution in [1.82, 2.24) is 14.9 Å². The number of nitrogens with zero attached hydrogens (tertiary/aromatic N) is 3. The Balaban J connectivity index is 1.66. The molecule has 1 aromatic rings. The van der Waals surface area contributed by atoms with E-state index in [9.17, 15) is 0 Å². The van der Waals surface area contributed by atoms with Gasteiger partial charge in [0.15, 0.2) is 0 Å². The molecule has 1 aromatic heterocycles. The van der Waals surface area contributed by atoms with Crippen LogP contribution < -0.4 is 4.74 Å². The maximum Gasteiger partial charge on any atom is 0.216 e. The van der Waals surface area contributed by atoms with Gasteiger partial charge in [-0.2, -0.15) is 0 Å². The molecule has 0 unspecified atom stereocenters. The lowest BCUT2D eigenvalue weighted by atomic mass is 10.1. The quantitative estimate of drug-likeness (QED) is 0.747. The normalized spacial score (nSPS) is 17.6. The predicted octanol–water partition coefficient (Wildman–Crippen LogP) is 1.34. The van der Waals surface area contributed by atoms with Gasteiger partial charge in [0.25, 0.3) is 0 Å². The van der Waals surface area contributed by atoms with E-state index in [0.29, 0.717) is 5.88 Å². The summed E-state index contributed by atoms with van der Waals surface area (Å²) in [5.74, 6) is 0.669. The number of likely N-dealkylation sites (tertiary alicyclic amines) is 1. The van der Waals surface area contributed by atoms with E-state index >= 15 is 0 Å². The van der Waals surface area contributed by atoms with Gasteiger partial charge in [-0.3, -0.25) is 4.90 Å². The average Bonchev–Trinajstić information content (AvgIpc) is 2.32. The summed E-state index contributed by atoms with van der Waals surface area (Å²) in [6.07, 6.45) is 7.24. The highest BCUT2D eigenvalue weighted by molar-refractivity contribution is 5.04. The van der Waals surface area contributed by atoms with Crippen LogP contribution in [0.2, 0.25) is 0 Å². The largest absolute Gasteiger partial charge is 0.476 e. The number of ether oxygens (including phenoxy) is 1. The van der Waals surface area contributed by atoms with Gasteiger partial charge in [0, 0.05) is 18.8 Å². The van der Waals surface area contributed by atoms with Crippen molar-refractivity contribution < 1.29 is 4.74 Å². The van der Waals surface area contributed by atoms with Gasteiger partial charge in [-0.15, -0.1) is 0 Å². The van der Waals surface area contributed by atoms with Crippen LogP contribution in [0.15, 0.2) is 18.6 Å². The second-order valence-corrected chi connectivity index (χ2v) is 3.80. The number of rotatable bonds is 4. The molecule has 0 amide bonds. The van der Waals surface area contributed by atoms with Crippen LogP contribution in [-0.4, -0.2) is 41.1 Å². The summed E-state index contributed by atoms with van der Waals surface area (Å²) < 4.78 is 5.52. The van der Waals surface area contributed by atoms with Gasteiger partial charge in [-0.1, -0.05) is 6.42 Å². The molecule has 1 aliphatic rings. The maximum atomic E-state index is 5.52. The lowest BCUT2D eigenvalue weighted by molar-refractivity contribution is 0.180. The van der Waals surface area contributed by atoms with Gasteiger partial charge in [0.2, 0.25) is 5.88 Å². The molecule has 0 atom stereocenters. The molecule has 2 rings (SSSR count). The predicted molar refractivity (Wildman–Crippen MR) is 57.8 cm³/mol. The molecule has 1 aliphatic heterocycles. The monoisotopic (exact) mass is 207 g/mol. The van der Waals surface area contributed by atoms with Gasteiger partial charge >= 0.3 is 0 Å². The highest BCUT2D eigenvalue weighted by Gasteiger charge is 2.09. The van der Waals surface area contributed by atoms with Crippen LogP contribution in [0.3, 0.4) is 0 Å². The van der Waals surface area contributed by atoms with Crippen molar-refractivity contribution in [2.45, 2.75) is 19.3 Å². The summed E-state index contributed by atoms with van der Waals surface area (Å²) in [5.41, 5.74) is 0. The van der Waals surface area contributed by atoms with Gasteiger partial charge in [-0.25, -0.2) is 9.97 Å². The van der Waals surface area contributed by atoms with Crippen molar-refractivity contribution in [3.63, 3.8) is 0 Å². The Morgan fingerprint density at radius 3 is 2.87 bits per heavy atom. The second-order valence-electron chi connectivity index (χ2n) is 3.80. The minimum Gasteiger partial charge on any atom is -0.476 e. The van der Waals surface area contributed by atoms with Crippen LogP contribution in [0.4, 0.5) is 0 Å². The highest BCUT2D eigenvalue weighted by atomic mass is 16.5. The van der Waals surface area contributed by atoms with Crippen LogP contribution in [-0.2, 0) is 0 Å². The van der Waals surface area contributed by atoms with Crippen LogP contribution in [0.25, 0.3) is 0 Å². The molecule has 1 saturated heterocycles. The lowest BCUT2D eigenvalue weighted by Crippen LogP contribution is -2.33. The molecule has 0 saturated carbocycles. The molecule has 0 aromatic carbocycles. The van der Waals surface area contributed by atoms with Crippen molar-refractivity contribution >= 4 is 0 Å². The van der Waals surface area contributed by atoms with Crippen molar-refractivity contribution in [2.24, 2.45) is 0 Å². The van der Waals surface area contributed by atoms with Crippen molar-refractivity contribution in [2.75, 3.05) is 26.2 Å². The average molecular weight is 207 g/mol. The molecule has 0 bridgehead atoms. The number of piperidine rings is 1. The first-order valence-electron chi connectivity index (χ1n) is 5.56. The summed E-state index contributed by atoms with van der Waals surface area (Å²) >= 11 is 0. The fraction of sp³-hybridized carbons (Fsp3) is 0.636. The second kappa shape index (κ2) is 5.66. The van der Waals surface area contributed by atoms with E-state index in [1.54, 1.807) is 12.3 Å². The Bertz CT molecular complexity index is 272. The van der Waals surface area contributed by atoms with E-state index in [0.717, 1.165) is 13.2 Å². The topological polar surface area (TPSA) is 38.2 Å². The third-order valence-electron chi connectivity index (χ3n) is 2.66. The zero-order valence-corrected chi connectivity index (χ0v) is 8.93. The van der Waals surface area contributed by atoms with Gasteiger partial charge < -0.3 is 4.74 Å². The molecule has 0 N–H and O–H groups in total. The van der Waals surface area contributed by atoms with Gasteiger partial charge in [0.1, 0.15) is 12.9 Å². The van der Waals surface area contributed by atoms with Gasteiger partial charge in [-0.05, 0) is 25.9 Å². The van der Waals surface area contributed by atoms with E-state index in [1.165, 1.54) is 38.7 Å². The Morgan fingerprint density at radius 2 is 2.13 bits per heavy atom. The summed E-state index contributed by atoms with van der Waals surface area (Å²) in [7, 11) is 0. The minimum absolute atomic E-state index is 0.669. The SMILES string of the molecule is c1cc(OCCN2CCCCC2)ncn1. The Morgan fingerprint density at radius 1 is 1.27 bits per heavy atom. The van der Waals surface area contributed by atoms with Crippen LogP contribution in [0.1, 0.15) is 19.3 Å².